The second-order valence-corrected chi connectivity index (χ2v) is 6.33. The summed E-state index contributed by atoms with van der Waals surface area (Å²) in [5, 5.41) is 0. The third-order valence-corrected chi connectivity index (χ3v) is 5.54. The van der Waals surface area contributed by atoms with E-state index in [0.717, 1.165) is 8.27 Å². The Bertz CT molecular complexity index is 32.4. The summed E-state index contributed by atoms with van der Waals surface area (Å²) < 4.78 is 0. The number of rotatable bonds is 3. The van der Waals surface area contributed by atoms with Gasteiger partial charge < -0.3 is 0 Å². The topological polar surface area (TPSA) is 0 Å². The number of hydrogen-bond acceptors (Lipinski definition) is 0. The van der Waals surface area contributed by atoms with Crippen molar-refractivity contribution in [1.82, 2.24) is 0 Å². The Morgan fingerprint density at radius 1 is 1.29 bits per heavy atom. The zero-order valence-electron chi connectivity index (χ0n) is 5.10. The molecule has 1 atom stereocenters. The highest BCUT2D eigenvalue weighted by atomic mass is 32.0. The van der Waals surface area contributed by atoms with E-state index in [-0.39, 0.29) is 7.37 Å². The van der Waals surface area contributed by atoms with Gasteiger partial charge in [-0.1, -0.05) is 13.6 Å². The van der Waals surface area contributed by atoms with Gasteiger partial charge in [-0.2, -0.15) is 7.37 Å². The fourth-order valence-electron chi connectivity index (χ4n) is 0.407. The lowest BCUT2D eigenvalue weighted by Crippen LogP contribution is -1.80. The molecule has 0 rings (SSSR count). The highest BCUT2D eigenvalue weighted by molar-refractivity contribution is 8.45. The van der Waals surface area contributed by atoms with E-state index in [1.807, 2.05) is 0 Å². The third kappa shape index (κ3) is 3.56. The summed E-state index contributed by atoms with van der Waals surface area (Å²) in [5.74, 6) is 0. The maximum Gasteiger partial charge on any atom is 0.136 e. The molecule has 1 unspecified atom stereocenters. The van der Waals surface area contributed by atoms with Crippen molar-refractivity contribution in [2.24, 2.45) is 0 Å². The Hall–Kier alpha value is 0.990. The standard InChI is InChI=1S/C3H10B2P2/c1-4-7(5-2)6-3/h6H,1-3H3. The predicted molar refractivity (Wildman–Crippen MR) is 44.4 cm³/mol. The average Bonchev–Trinajstić information content (AvgIpc) is 1.72. The van der Waals surface area contributed by atoms with E-state index in [1.54, 1.807) is 0 Å². The molecular weight excluding hydrogens is 120 g/mol. The van der Waals surface area contributed by atoms with Crippen molar-refractivity contribution in [1.29, 1.82) is 0 Å². The molecule has 0 bridgehead atoms. The highest BCUT2D eigenvalue weighted by Gasteiger charge is 1.97. The molecule has 0 fully saturated rings. The van der Waals surface area contributed by atoms with Crippen LogP contribution in [0.25, 0.3) is 0 Å². The van der Waals surface area contributed by atoms with Gasteiger partial charge >= 0.3 is 0 Å². The highest BCUT2D eigenvalue weighted by Crippen LogP contribution is 2.49. The molecule has 2 radical (unpaired) electrons. The van der Waals surface area contributed by atoms with Crippen molar-refractivity contribution in [2.75, 3.05) is 6.66 Å². The van der Waals surface area contributed by atoms with Crippen LogP contribution in [0.1, 0.15) is 0 Å². The molecule has 0 aliphatic rings. The molecule has 4 heteroatoms. The molecule has 38 valence electrons. The number of hydrogen-bond donors (Lipinski definition) is 0. The van der Waals surface area contributed by atoms with Crippen molar-refractivity contribution in [3.8, 4) is 0 Å². The zero-order valence-corrected chi connectivity index (χ0v) is 7.00. The fraction of sp³-hybridized carbons (Fsp3) is 1.00. The van der Waals surface area contributed by atoms with Crippen molar-refractivity contribution in [3.05, 3.63) is 0 Å². The summed E-state index contributed by atoms with van der Waals surface area (Å²) in [6.07, 6.45) is 0. The van der Waals surface area contributed by atoms with Crippen LogP contribution in [0.3, 0.4) is 0 Å². The Morgan fingerprint density at radius 3 is 1.71 bits per heavy atom. The fourth-order valence-corrected chi connectivity index (χ4v) is 2.77. The first-order valence-electron chi connectivity index (χ1n) is 2.39. The van der Waals surface area contributed by atoms with Crippen molar-refractivity contribution in [2.45, 2.75) is 13.6 Å². The van der Waals surface area contributed by atoms with Crippen molar-refractivity contribution >= 4 is 29.6 Å². The Labute approximate surface area is 50.7 Å². The van der Waals surface area contributed by atoms with Gasteiger partial charge in [0, 0.05) is 0 Å². The average molecular weight is 130 g/mol. The lowest BCUT2D eigenvalue weighted by atomic mass is 10.2. The first-order chi connectivity index (χ1) is 3.35. The molecule has 0 nitrogen and oxygen atoms in total. The maximum atomic E-state index is 2.30. The minimum absolute atomic E-state index is 0.224. The smallest absolute Gasteiger partial charge is 0.136 e. The van der Waals surface area contributed by atoms with Gasteiger partial charge in [-0.15, -0.1) is 8.27 Å². The molecular formula is C3H10B2P2. The Morgan fingerprint density at radius 2 is 1.71 bits per heavy atom. The van der Waals surface area contributed by atoms with Crippen molar-refractivity contribution in [3.63, 3.8) is 0 Å². The van der Waals surface area contributed by atoms with Crippen LogP contribution in [-0.2, 0) is 0 Å². The van der Waals surface area contributed by atoms with Crippen LogP contribution in [0.15, 0.2) is 0 Å². The summed E-state index contributed by atoms with van der Waals surface area (Å²) in [4.78, 5) is 0. The summed E-state index contributed by atoms with van der Waals surface area (Å²) in [6.45, 7) is 11.1. The van der Waals surface area contributed by atoms with Gasteiger partial charge in [-0.3, -0.25) is 0 Å². The lowest BCUT2D eigenvalue weighted by molar-refractivity contribution is 2.35. The van der Waals surface area contributed by atoms with Gasteiger partial charge in [0.05, 0.1) is 0 Å². The van der Waals surface area contributed by atoms with E-state index in [4.69, 9.17) is 0 Å². The Kier molecular flexibility index (Phi) is 5.86. The SMILES string of the molecule is C[B]P([B]C)PC. The van der Waals surface area contributed by atoms with Crippen LogP contribution in [0.5, 0.6) is 0 Å². The molecule has 0 saturated carbocycles. The largest absolute Gasteiger partial charge is 0.164 e. The third-order valence-electron chi connectivity index (χ3n) is 0.815. The normalized spacial score (nSPS) is 10.9. The van der Waals surface area contributed by atoms with Gasteiger partial charge in [-0.05, 0) is 6.66 Å². The summed E-state index contributed by atoms with van der Waals surface area (Å²) in [5.41, 5.74) is 0. The van der Waals surface area contributed by atoms with E-state index >= 15 is 0 Å². The molecule has 0 aromatic heterocycles. The molecule has 0 saturated heterocycles. The molecule has 0 heterocycles. The van der Waals surface area contributed by atoms with Crippen LogP contribution in [0.4, 0.5) is 0 Å². The molecule has 0 N–H and O–H groups in total. The van der Waals surface area contributed by atoms with Crippen molar-refractivity contribution < 1.29 is 0 Å². The minimum Gasteiger partial charge on any atom is -0.164 e. The van der Waals surface area contributed by atoms with Gasteiger partial charge in [0.1, 0.15) is 14.0 Å². The molecule has 7 heavy (non-hydrogen) atoms. The van der Waals surface area contributed by atoms with E-state index < -0.39 is 0 Å². The molecule has 0 aliphatic carbocycles. The molecule has 0 amide bonds. The molecule has 0 spiro atoms. The van der Waals surface area contributed by atoms with Crippen LogP contribution in [0.2, 0.25) is 13.6 Å². The quantitative estimate of drug-likeness (QED) is 0.404. The van der Waals surface area contributed by atoms with Gasteiger partial charge in [0.25, 0.3) is 0 Å². The molecule has 0 aromatic carbocycles. The first-order valence-corrected chi connectivity index (χ1v) is 6.22. The second-order valence-electron chi connectivity index (χ2n) is 1.15. The maximum absolute atomic E-state index is 2.30. The van der Waals surface area contributed by atoms with Crippen LogP contribution in [0, 0.1) is 0 Å². The predicted octanol–water partition coefficient (Wildman–Crippen LogP) is 2.03. The van der Waals surface area contributed by atoms with Gasteiger partial charge in [0.2, 0.25) is 0 Å². The summed E-state index contributed by atoms with van der Waals surface area (Å²) in [6, 6.07) is 0. The van der Waals surface area contributed by atoms with Crippen LogP contribution in [-0.4, -0.2) is 20.7 Å². The Balaban J connectivity index is 2.99. The van der Waals surface area contributed by atoms with Crippen LogP contribution >= 0.6 is 15.6 Å². The van der Waals surface area contributed by atoms with E-state index in [9.17, 15) is 0 Å². The first kappa shape index (κ1) is 7.99. The zero-order chi connectivity index (χ0) is 5.70. The molecule has 0 aliphatic heterocycles. The monoisotopic (exact) mass is 130 g/mol. The molecule has 0 aromatic rings. The minimum atomic E-state index is 0.224. The summed E-state index contributed by atoms with van der Waals surface area (Å²) >= 11 is 0. The van der Waals surface area contributed by atoms with Gasteiger partial charge in [0.15, 0.2) is 0 Å². The van der Waals surface area contributed by atoms with Crippen LogP contribution < -0.4 is 0 Å². The second kappa shape index (κ2) is 5.13. The summed E-state index contributed by atoms with van der Waals surface area (Å²) in [7, 11) is 1.33. The van der Waals surface area contributed by atoms with Gasteiger partial charge in [-0.25, -0.2) is 0 Å². The lowest BCUT2D eigenvalue weighted by Gasteiger charge is -2.05. The van der Waals surface area contributed by atoms with E-state index in [0.29, 0.717) is 0 Å². The van der Waals surface area contributed by atoms with E-state index in [2.05, 4.69) is 34.3 Å². The van der Waals surface area contributed by atoms with E-state index in [1.165, 1.54) is 0 Å².